The summed E-state index contributed by atoms with van der Waals surface area (Å²) in [7, 11) is 0. The van der Waals surface area contributed by atoms with E-state index in [4.69, 9.17) is 18.9 Å². The van der Waals surface area contributed by atoms with E-state index in [9.17, 15) is 0 Å². The monoisotopic (exact) mass is 618 g/mol. The molecule has 242 valence electrons. The molecule has 2 aliphatic rings. The molecule has 2 unspecified atom stereocenters. The van der Waals surface area contributed by atoms with Crippen LogP contribution in [-0.4, -0.2) is 11.4 Å². The van der Waals surface area contributed by atoms with Crippen molar-refractivity contribution in [1.29, 1.82) is 0 Å². The zero-order chi connectivity index (χ0) is 33.0. The van der Waals surface area contributed by atoms with E-state index in [1.54, 1.807) is 0 Å². The highest BCUT2D eigenvalue weighted by Crippen LogP contribution is 2.60. The molecule has 0 aromatic heterocycles. The van der Waals surface area contributed by atoms with Crippen molar-refractivity contribution >= 4 is 0 Å². The summed E-state index contributed by atoms with van der Waals surface area (Å²) >= 11 is 0. The van der Waals surface area contributed by atoms with Gasteiger partial charge in [-0.15, -0.1) is 0 Å². The number of hydrogen-bond donors (Lipinski definition) is 0. The standard InChI is InChI=1S/C42H50O4/c1-9-26-41(30(3)4)39(43-34-20-14-11-15-21-34)38(46-40(8)28-31(5)27-32(6)29-40)33(7)37(10-2)42(41,44-35-22-16-12-17-23-35)45-36-24-18-13-19-25-36/h11-25,27-28,30H,9-10,26,29H2,1-8H3. The number of benzene rings is 3. The van der Waals surface area contributed by atoms with Crippen LogP contribution >= 0.6 is 0 Å². The fraction of sp³-hybridized carbons (Fsp3) is 0.381. The van der Waals surface area contributed by atoms with Gasteiger partial charge in [-0.05, 0) is 88.9 Å². The van der Waals surface area contributed by atoms with Crippen LogP contribution in [0.15, 0.2) is 137 Å². The Morgan fingerprint density at radius 1 is 0.717 bits per heavy atom. The smallest absolute Gasteiger partial charge is 0.287 e. The zero-order valence-corrected chi connectivity index (χ0v) is 28.9. The van der Waals surface area contributed by atoms with Crippen LogP contribution in [0.2, 0.25) is 0 Å². The average molecular weight is 619 g/mol. The lowest BCUT2D eigenvalue weighted by molar-refractivity contribution is -0.197. The van der Waals surface area contributed by atoms with Crippen molar-refractivity contribution in [2.45, 2.75) is 92.5 Å². The lowest BCUT2D eigenvalue weighted by atomic mass is 9.59. The number of rotatable bonds is 12. The van der Waals surface area contributed by atoms with Crippen molar-refractivity contribution in [1.82, 2.24) is 0 Å². The summed E-state index contributed by atoms with van der Waals surface area (Å²) < 4.78 is 29.2. The third-order valence-corrected chi connectivity index (χ3v) is 9.32. The van der Waals surface area contributed by atoms with Crippen LogP contribution in [0.25, 0.3) is 0 Å². The van der Waals surface area contributed by atoms with Crippen molar-refractivity contribution in [3.63, 3.8) is 0 Å². The molecule has 0 aliphatic heterocycles. The lowest BCUT2D eigenvalue weighted by Crippen LogP contribution is -2.64. The Morgan fingerprint density at radius 2 is 1.24 bits per heavy atom. The van der Waals surface area contributed by atoms with Gasteiger partial charge in [0.25, 0.3) is 5.79 Å². The molecule has 46 heavy (non-hydrogen) atoms. The molecule has 4 heteroatoms. The molecule has 0 heterocycles. The van der Waals surface area contributed by atoms with E-state index in [1.807, 2.05) is 91.0 Å². The summed E-state index contributed by atoms with van der Waals surface area (Å²) in [6.45, 7) is 17.6. The van der Waals surface area contributed by atoms with E-state index >= 15 is 0 Å². The summed E-state index contributed by atoms with van der Waals surface area (Å²) in [5.74, 6) is 2.51. The molecule has 0 fully saturated rings. The van der Waals surface area contributed by atoms with Gasteiger partial charge in [0, 0.05) is 17.6 Å². The fourth-order valence-electron chi connectivity index (χ4n) is 7.64. The van der Waals surface area contributed by atoms with Crippen LogP contribution in [-0.2, 0) is 4.74 Å². The topological polar surface area (TPSA) is 36.9 Å². The highest BCUT2D eigenvalue weighted by molar-refractivity contribution is 5.50. The largest absolute Gasteiger partial charge is 0.479 e. The summed E-state index contributed by atoms with van der Waals surface area (Å²) in [4.78, 5) is 0. The van der Waals surface area contributed by atoms with Crippen molar-refractivity contribution in [3.05, 3.63) is 137 Å². The minimum absolute atomic E-state index is 0.0184. The second-order valence-electron chi connectivity index (χ2n) is 13.3. The van der Waals surface area contributed by atoms with Crippen LogP contribution in [0.5, 0.6) is 17.2 Å². The van der Waals surface area contributed by atoms with E-state index in [1.165, 1.54) is 11.1 Å². The van der Waals surface area contributed by atoms with Gasteiger partial charge in [-0.25, -0.2) is 0 Å². The molecule has 3 aromatic rings. The van der Waals surface area contributed by atoms with E-state index in [-0.39, 0.29) is 5.92 Å². The molecular formula is C42H50O4. The summed E-state index contributed by atoms with van der Waals surface area (Å²) in [6.07, 6.45) is 7.57. The number of hydrogen-bond acceptors (Lipinski definition) is 4. The van der Waals surface area contributed by atoms with E-state index in [0.29, 0.717) is 6.42 Å². The Bertz CT molecular complexity index is 1570. The SMILES string of the molecule is CCCC1(C(C)C)C(Oc2ccccc2)=C(OC2(C)C=C(C)C=C(C)C2)C(C)=C(CC)C1(Oc1ccccc1)Oc1ccccc1. The second kappa shape index (κ2) is 13.7. The van der Waals surface area contributed by atoms with Gasteiger partial charge in [0.2, 0.25) is 0 Å². The van der Waals surface area contributed by atoms with Gasteiger partial charge in [0.05, 0.1) is 0 Å². The first-order valence-corrected chi connectivity index (χ1v) is 16.8. The first-order valence-electron chi connectivity index (χ1n) is 16.8. The third-order valence-electron chi connectivity index (χ3n) is 9.32. The minimum atomic E-state index is -1.25. The van der Waals surface area contributed by atoms with Crippen molar-refractivity contribution in [3.8, 4) is 17.2 Å². The fourth-order valence-corrected chi connectivity index (χ4v) is 7.64. The molecule has 0 saturated carbocycles. The zero-order valence-electron chi connectivity index (χ0n) is 28.9. The molecule has 0 saturated heterocycles. The van der Waals surface area contributed by atoms with Gasteiger partial charge < -0.3 is 18.9 Å². The average Bonchev–Trinajstić information content (AvgIpc) is 3.02. The predicted octanol–water partition coefficient (Wildman–Crippen LogP) is 11.4. The molecule has 5 rings (SSSR count). The normalized spacial score (nSPS) is 22.7. The lowest BCUT2D eigenvalue weighted by Gasteiger charge is -2.56. The van der Waals surface area contributed by atoms with Gasteiger partial charge >= 0.3 is 0 Å². The second-order valence-corrected chi connectivity index (χ2v) is 13.3. The van der Waals surface area contributed by atoms with Gasteiger partial charge in [-0.2, -0.15) is 0 Å². The maximum Gasteiger partial charge on any atom is 0.287 e. The Balaban J connectivity index is 1.87. The minimum Gasteiger partial charge on any atom is -0.479 e. The number of para-hydroxylation sites is 3. The van der Waals surface area contributed by atoms with Gasteiger partial charge in [-0.1, -0.05) is 106 Å². The number of ether oxygens (including phenoxy) is 4. The molecule has 0 bridgehead atoms. The van der Waals surface area contributed by atoms with Gasteiger partial charge in [0.1, 0.15) is 28.3 Å². The number of allylic oxidation sites excluding steroid dienone is 3. The summed E-state index contributed by atoms with van der Waals surface area (Å²) in [5.41, 5.74) is 3.16. The molecule has 0 spiro atoms. The molecule has 4 nitrogen and oxygen atoms in total. The Labute approximate surface area is 276 Å². The van der Waals surface area contributed by atoms with Crippen LogP contribution in [0.3, 0.4) is 0 Å². The van der Waals surface area contributed by atoms with Gasteiger partial charge in [0.15, 0.2) is 11.5 Å². The van der Waals surface area contributed by atoms with Crippen molar-refractivity contribution in [2.75, 3.05) is 0 Å². The third kappa shape index (κ3) is 6.27. The molecule has 2 atom stereocenters. The van der Waals surface area contributed by atoms with Crippen LogP contribution in [0.1, 0.15) is 81.1 Å². The summed E-state index contributed by atoms with van der Waals surface area (Å²) in [5, 5.41) is 0. The molecule has 0 amide bonds. The Kier molecular flexibility index (Phi) is 9.86. The quantitative estimate of drug-likeness (QED) is 0.189. The Morgan fingerprint density at radius 3 is 1.70 bits per heavy atom. The summed E-state index contributed by atoms with van der Waals surface area (Å²) in [6, 6.07) is 30.1. The molecule has 0 N–H and O–H groups in total. The molecule has 3 aromatic carbocycles. The van der Waals surface area contributed by atoms with Crippen LogP contribution in [0.4, 0.5) is 0 Å². The highest BCUT2D eigenvalue weighted by atomic mass is 16.7. The highest BCUT2D eigenvalue weighted by Gasteiger charge is 2.66. The van der Waals surface area contributed by atoms with E-state index < -0.39 is 16.8 Å². The Hall–Kier alpha value is -4.18. The molecular weight excluding hydrogens is 568 g/mol. The van der Waals surface area contributed by atoms with Gasteiger partial charge in [-0.3, -0.25) is 0 Å². The van der Waals surface area contributed by atoms with Crippen molar-refractivity contribution in [2.24, 2.45) is 11.3 Å². The van der Waals surface area contributed by atoms with E-state index in [0.717, 1.165) is 59.2 Å². The van der Waals surface area contributed by atoms with E-state index in [2.05, 4.69) is 67.5 Å². The molecule has 0 radical (unpaired) electrons. The maximum atomic E-state index is 7.35. The maximum absolute atomic E-state index is 7.35. The van der Waals surface area contributed by atoms with Crippen molar-refractivity contribution < 1.29 is 18.9 Å². The first-order chi connectivity index (χ1) is 22.1. The van der Waals surface area contributed by atoms with Crippen LogP contribution in [0, 0.1) is 11.3 Å². The predicted molar refractivity (Wildman–Crippen MR) is 188 cm³/mol. The van der Waals surface area contributed by atoms with Crippen LogP contribution < -0.4 is 14.2 Å². The molecule has 2 aliphatic carbocycles. The first kappa shape index (κ1) is 33.2.